The van der Waals surface area contributed by atoms with Gasteiger partial charge < -0.3 is 10.1 Å². The van der Waals surface area contributed by atoms with Gasteiger partial charge in [-0.15, -0.1) is 0 Å². The Morgan fingerprint density at radius 2 is 2.44 bits per heavy atom. The van der Waals surface area contributed by atoms with Crippen LogP contribution in [-0.4, -0.2) is 38.4 Å². The van der Waals surface area contributed by atoms with Crippen molar-refractivity contribution in [3.63, 3.8) is 0 Å². The van der Waals surface area contributed by atoms with E-state index in [1.54, 1.807) is 6.92 Å². The van der Waals surface area contributed by atoms with Crippen molar-refractivity contribution in [1.29, 1.82) is 0 Å². The van der Waals surface area contributed by atoms with Gasteiger partial charge in [0.05, 0.1) is 0 Å². The van der Waals surface area contributed by atoms with Gasteiger partial charge in [0, 0.05) is 24.1 Å². The Bertz CT molecular complexity index is 500. The van der Waals surface area contributed by atoms with Gasteiger partial charge in [-0.2, -0.15) is 0 Å². The fourth-order valence-corrected chi connectivity index (χ4v) is 2.42. The summed E-state index contributed by atoms with van der Waals surface area (Å²) >= 11 is 1.23. The molecule has 3 N–H and O–H groups in total. The van der Waals surface area contributed by atoms with Crippen LogP contribution in [0.2, 0.25) is 0 Å². The zero-order valence-electron chi connectivity index (χ0n) is 9.97. The molecule has 98 valence electrons. The lowest BCUT2D eigenvalue weighted by Crippen LogP contribution is -2.52. The Balaban J connectivity index is 2.00. The van der Waals surface area contributed by atoms with Gasteiger partial charge in [0.1, 0.15) is 5.54 Å². The van der Waals surface area contributed by atoms with E-state index < -0.39 is 11.5 Å². The number of aromatic nitrogens is 2. The number of aliphatic carboxylic acids is 1. The Kier molecular flexibility index (Phi) is 3.72. The summed E-state index contributed by atoms with van der Waals surface area (Å²) in [6, 6.07) is 1.62. The highest BCUT2D eigenvalue weighted by atomic mass is 32.2. The summed E-state index contributed by atoms with van der Waals surface area (Å²) in [6.45, 7) is 1.65. The van der Waals surface area contributed by atoms with Gasteiger partial charge >= 0.3 is 5.97 Å². The van der Waals surface area contributed by atoms with E-state index in [1.807, 2.05) is 0 Å². The first-order valence-corrected chi connectivity index (χ1v) is 6.67. The second-order valence-electron chi connectivity index (χ2n) is 4.58. The van der Waals surface area contributed by atoms with Crippen molar-refractivity contribution in [2.24, 2.45) is 0 Å². The number of nitrogens with zero attached hydrogens (tertiary/aromatic N) is 1. The summed E-state index contributed by atoms with van der Waals surface area (Å²) in [5.41, 5.74) is -1.24. The van der Waals surface area contributed by atoms with Crippen LogP contribution < -0.4 is 10.9 Å². The smallest absolute Gasteiger partial charge is 0.324 e. The molecule has 0 amide bonds. The van der Waals surface area contributed by atoms with Gasteiger partial charge in [-0.25, -0.2) is 4.98 Å². The van der Waals surface area contributed by atoms with Gasteiger partial charge in [0.25, 0.3) is 5.56 Å². The number of hydrogen-bond acceptors (Lipinski definition) is 5. The van der Waals surface area contributed by atoms with Crippen LogP contribution >= 0.6 is 11.8 Å². The molecular weight excluding hydrogens is 254 g/mol. The summed E-state index contributed by atoms with van der Waals surface area (Å²) in [6.07, 6.45) is 3.45. The minimum atomic E-state index is -1.000. The standard InChI is InChI=1S/C11H15N3O3S/c1-11(9(16)17,14-7-2-3-7)6-18-10-12-5-4-8(15)13-10/h4-5,7,14H,2-3,6H2,1H3,(H,16,17)(H,12,13,15). The summed E-state index contributed by atoms with van der Waals surface area (Å²) in [4.78, 5) is 28.9. The van der Waals surface area contributed by atoms with Crippen LogP contribution in [-0.2, 0) is 4.79 Å². The van der Waals surface area contributed by atoms with Crippen LogP contribution in [0.25, 0.3) is 0 Å². The SMILES string of the molecule is CC(CSc1nccc(=O)[nH]1)(NC1CC1)C(=O)O. The molecule has 0 saturated heterocycles. The number of H-pyrrole nitrogens is 1. The van der Waals surface area contributed by atoms with Crippen LogP contribution in [0.1, 0.15) is 19.8 Å². The summed E-state index contributed by atoms with van der Waals surface area (Å²) in [7, 11) is 0. The second-order valence-corrected chi connectivity index (χ2v) is 5.55. The summed E-state index contributed by atoms with van der Waals surface area (Å²) in [5.74, 6) is -0.577. The first-order chi connectivity index (χ1) is 8.49. The van der Waals surface area contributed by atoms with Crippen molar-refractivity contribution in [1.82, 2.24) is 15.3 Å². The van der Waals surface area contributed by atoms with Crippen molar-refractivity contribution >= 4 is 17.7 Å². The third-order valence-corrected chi connectivity index (χ3v) is 3.92. The largest absolute Gasteiger partial charge is 0.480 e. The van der Waals surface area contributed by atoms with Crippen molar-refractivity contribution < 1.29 is 9.90 Å². The Morgan fingerprint density at radius 3 is 3.00 bits per heavy atom. The minimum absolute atomic E-state index is 0.236. The molecule has 0 aliphatic heterocycles. The lowest BCUT2D eigenvalue weighted by Gasteiger charge is -2.25. The molecule has 1 atom stereocenters. The average Bonchev–Trinajstić information content (AvgIpc) is 3.10. The fraction of sp³-hybridized carbons (Fsp3) is 0.545. The molecule has 1 aliphatic carbocycles. The predicted molar refractivity (Wildman–Crippen MR) is 67.8 cm³/mol. The molecule has 0 aromatic carbocycles. The lowest BCUT2D eigenvalue weighted by molar-refractivity contribution is -0.143. The van der Waals surface area contributed by atoms with Gasteiger partial charge in [0.2, 0.25) is 0 Å². The minimum Gasteiger partial charge on any atom is -0.480 e. The van der Waals surface area contributed by atoms with E-state index in [9.17, 15) is 14.7 Å². The third-order valence-electron chi connectivity index (χ3n) is 2.72. The van der Waals surface area contributed by atoms with Gasteiger partial charge in [-0.3, -0.25) is 14.9 Å². The normalized spacial score (nSPS) is 18.3. The zero-order valence-corrected chi connectivity index (χ0v) is 10.8. The zero-order chi connectivity index (χ0) is 13.2. The fourth-order valence-electron chi connectivity index (χ4n) is 1.48. The first kappa shape index (κ1) is 13.1. The number of rotatable bonds is 6. The maximum absolute atomic E-state index is 11.3. The van der Waals surface area contributed by atoms with E-state index in [4.69, 9.17) is 0 Å². The number of aromatic amines is 1. The molecule has 0 spiro atoms. The predicted octanol–water partition coefficient (Wildman–Crippen LogP) is 0.457. The average molecular weight is 269 g/mol. The maximum atomic E-state index is 11.3. The lowest BCUT2D eigenvalue weighted by atomic mass is 10.1. The van der Waals surface area contributed by atoms with E-state index in [1.165, 1.54) is 24.0 Å². The molecule has 0 bridgehead atoms. The van der Waals surface area contributed by atoms with Gasteiger partial charge in [0.15, 0.2) is 5.16 Å². The van der Waals surface area contributed by atoms with Crippen LogP contribution in [0.5, 0.6) is 0 Å². The number of carboxylic acids is 1. The van der Waals surface area contributed by atoms with Crippen molar-refractivity contribution in [2.75, 3.05) is 5.75 Å². The molecule has 1 fully saturated rings. The highest BCUT2D eigenvalue weighted by Gasteiger charge is 2.38. The second kappa shape index (κ2) is 5.11. The van der Waals surface area contributed by atoms with Crippen LogP contribution in [0.15, 0.2) is 22.2 Å². The van der Waals surface area contributed by atoms with E-state index in [0.29, 0.717) is 17.0 Å². The molecule has 7 heteroatoms. The van der Waals surface area contributed by atoms with E-state index in [-0.39, 0.29) is 5.56 Å². The van der Waals surface area contributed by atoms with Crippen LogP contribution in [0, 0.1) is 0 Å². The number of hydrogen-bond donors (Lipinski definition) is 3. The van der Waals surface area contributed by atoms with E-state index in [0.717, 1.165) is 12.8 Å². The maximum Gasteiger partial charge on any atom is 0.324 e. The molecule has 0 radical (unpaired) electrons. The topological polar surface area (TPSA) is 95.1 Å². The molecule has 6 nitrogen and oxygen atoms in total. The molecule has 1 saturated carbocycles. The molecule has 1 heterocycles. The van der Waals surface area contributed by atoms with Crippen LogP contribution in [0.4, 0.5) is 0 Å². The molecule has 2 rings (SSSR count). The quantitative estimate of drug-likeness (QED) is 0.513. The number of carbonyl (C=O) groups is 1. The number of thioether (sulfide) groups is 1. The monoisotopic (exact) mass is 269 g/mol. The number of carboxylic acid groups (broad SMARTS) is 1. The highest BCUT2D eigenvalue weighted by Crippen LogP contribution is 2.26. The summed E-state index contributed by atoms with van der Waals surface area (Å²) in [5, 5.41) is 12.8. The molecule has 18 heavy (non-hydrogen) atoms. The van der Waals surface area contributed by atoms with E-state index in [2.05, 4.69) is 15.3 Å². The van der Waals surface area contributed by atoms with Crippen molar-refractivity contribution in [3.05, 3.63) is 22.6 Å². The highest BCUT2D eigenvalue weighted by molar-refractivity contribution is 7.99. The third kappa shape index (κ3) is 3.33. The molecule has 1 aromatic rings. The molecule has 1 unspecified atom stereocenters. The van der Waals surface area contributed by atoms with Crippen molar-refractivity contribution in [2.45, 2.75) is 36.5 Å². The molecular formula is C11H15N3O3S. The van der Waals surface area contributed by atoms with Crippen LogP contribution in [0.3, 0.4) is 0 Å². The first-order valence-electron chi connectivity index (χ1n) is 5.69. The Morgan fingerprint density at radius 1 is 1.72 bits per heavy atom. The van der Waals surface area contributed by atoms with E-state index >= 15 is 0 Å². The van der Waals surface area contributed by atoms with Crippen molar-refractivity contribution in [3.8, 4) is 0 Å². The number of nitrogens with one attached hydrogen (secondary N) is 2. The Hall–Kier alpha value is -1.34. The Labute approximate surface area is 108 Å². The molecule has 1 aliphatic rings. The molecule has 1 aromatic heterocycles. The van der Waals surface area contributed by atoms with Gasteiger partial charge in [-0.1, -0.05) is 11.8 Å². The summed E-state index contributed by atoms with van der Waals surface area (Å²) < 4.78 is 0. The van der Waals surface area contributed by atoms with Gasteiger partial charge in [-0.05, 0) is 19.8 Å².